The summed E-state index contributed by atoms with van der Waals surface area (Å²) in [7, 11) is 0. The SMILES string of the molecule is NCC1CCCN1C(=O)Cc1csc(-c2ccc(Cl)s2)n1. The third kappa shape index (κ3) is 3.29. The molecule has 1 aliphatic heterocycles. The molecular weight excluding hydrogens is 326 g/mol. The Hall–Kier alpha value is -0.950. The van der Waals surface area contributed by atoms with E-state index in [1.165, 1.54) is 11.3 Å². The Bertz CT molecular complexity index is 640. The van der Waals surface area contributed by atoms with Gasteiger partial charge in [-0.1, -0.05) is 11.6 Å². The Morgan fingerprint density at radius 3 is 3.10 bits per heavy atom. The number of hydrogen-bond acceptors (Lipinski definition) is 5. The summed E-state index contributed by atoms with van der Waals surface area (Å²) >= 11 is 9.00. The molecule has 0 radical (unpaired) electrons. The number of carbonyl (C=O) groups is 1. The Balaban J connectivity index is 1.68. The maximum atomic E-state index is 12.4. The lowest BCUT2D eigenvalue weighted by Crippen LogP contribution is -2.40. The van der Waals surface area contributed by atoms with Crippen LogP contribution in [0, 0.1) is 0 Å². The van der Waals surface area contributed by atoms with E-state index in [9.17, 15) is 4.79 Å². The molecule has 0 aromatic carbocycles. The van der Waals surface area contributed by atoms with Gasteiger partial charge in [-0.2, -0.15) is 0 Å². The Labute approximate surface area is 136 Å². The van der Waals surface area contributed by atoms with E-state index in [1.54, 1.807) is 11.3 Å². The first-order chi connectivity index (χ1) is 10.2. The zero-order chi connectivity index (χ0) is 14.8. The van der Waals surface area contributed by atoms with Gasteiger partial charge in [0, 0.05) is 24.5 Å². The molecule has 1 atom stereocenters. The standard InChI is InChI=1S/C14H16ClN3OS2/c15-12-4-3-11(21-12)14-17-9(8-20-14)6-13(19)18-5-1-2-10(18)7-16/h3-4,8,10H,1-2,5-7,16H2. The van der Waals surface area contributed by atoms with E-state index in [2.05, 4.69) is 4.98 Å². The van der Waals surface area contributed by atoms with Crippen LogP contribution in [0.2, 0.25) is 4.34 Å². The molecule has 2 aromatic rings. The average molecular weight is 342 g/mol. The van der Waals surface area contributed by atoms with Gasteiger partial charge in [0.2, 0.25) is 5.91 Å². The number of amides is 1. The summed E-state index contributed by atoms with van der Waals surface area (Å²) in [5.41, 5.74) is 6.55. The van der Waals surface area contributed by atoms with Crippen molar-refractivity contribution in [2.45, 2.75) is 25.3 Å². The van der Waals surface area contributed by atoms with Gasteiger partial charge in [-0.05, 0) is 25.0 Å². The molecule has 112 valence electrons. The number of carbonyl (C=O) groups excluding carboxylic acids is 1. The van der Waals surface area contributed by atoms with Crippen molar-refractivity contribution in [3.05, 3.63) is 27.5 Å². The lowest BCUT2D eigenvalue weighted by Gasteiger charge is -2.23. The predicted octanol–water partition coefficient (Wildman–Crippen LogP) is 3.02. The molecule has 7 heteroatoms. The number of rotatable bonds is 4. The fourth-order valence-electron chi connectivity index (χ4n) is 2.60. The van der Waals surface area contributed by atoms with Gasteiger partial charge in [-0.3, -0.25) is 4.79 Å². The molecule has 21 heavy (non-hydrogen) atoms. The van der Waals surface area contributed by atoms with Crippen molar-refractivity contribution >= 4 is 40.2 Å². The molecule has 0 spiro atoms. The molecule has 3 rings (SSSR count). The number of likely N-dealkylation sites (tertiary alicyclic amines) is 1. The molecule has 0 bridgehead atoms. The number of hydrogen-bond donors (Lipinski definition) is 1. The van der Waals surface area contributed by atoms with Gasteiger partial charge < -0.3 is 10.6 Å². The van der Waals surface area contributed by atoms with Gasteiger partial charge in [0.25, 0.3) is 0 Å². The van der Waals surface area contributed by atoms with Crippen molar-refractivity contribution in [2.24, 2.45) is 5.73 Å². The molecule has 2 aromatic heterocycles. The first-order valence-electron chi connectivity index (χ1n) is 6.87. The quantitative estimate of drug-likeness (QED) is 0.929. The van der Waals surface area contributed by atoms with E-state index in [1.807, 2.05) is 22.4 Å². The third-order valence-corrected chi connectivity index (χ3v) is 5.93. The van der Waals surface area contributed by atoms with E-state index in [0.717, 1.165) is 39.3 Å². The smallest absolute Gasteiger partial charge is 0.228 e. The van der Waals surface area contributed by atoms with Crippen molar-refractivity contribution in [3.8, 4) is 9.88 Å². The third-order valence-electron chi connectivity index (χ3n) is 3.64. The van der Waals surface area contributed by atoms with Gasteiger partial charge >= 0.3 is 0 Å². The molecule has 0 saturated carbocycles. The van der Waals surface area contributed by atoms with Gasteiger partial charge in [0.1, 0.15) is 5.01 Å². The van der Waals surface area contributed by atoms with Crippen LogP contribution in [0.5, 0.6) is 0 Å². The number of aromatic nitrogens is 1. The van der Waals surface area contributed by atoms with Crippen molar-refractivity contribution in [3.63, 3.8) is 0 Å². The summed E-state index contributed by atoms with van der Waals surface area (Å²) in [6, 6.07) is 4.03. The molecule has 1 saturated heterocycles. The lowest BCUT2D eigenvalue weighted by molar-refractivity contribution is -0.131. The normalized spacial score (nSPS) is 18.4. The van der Waals surface area contributed by atoms with Crippen LogP contribution in [-0.4, -0.2) is 34.9 Å². The predicted molar refractivity (Wildman–Crippen MR) is 87.9 cm³/mol. The minimum absolute atomic E-state index is 0.129. The Kier molecular flexibility index (Phi) is 4.59. The van der Waals surface area contributed by atoms with E-state index in [-0.39, 0.29) is 11.9 Å². The van der Waals surface area contributed by atoms with Gasteiger partial charge in [0.15, 0.2) is 0 Å². The van der Waals surface area contributed by atoms with Crippen LogP contribution < -0.4 is 5.73 Å². The minimum Gasteiger partial charge on any atom is -0.338 e. The fourth-order valence-corrected chi connectivity index (χ4v) is 4.53. The van der Waals surface area contributed by atoms with Crippen LogP contribution in [-0.2, 0) is 11.2 Å². The highest BCUT2D eigenvalue weighted by molar-refractivity contribution is 7.23. The molecular formula is C14H16ClN3OS2. The van der Waals surface area contributed by atoms with Gasteiger partial charge in [-0.25, -0.2) is 4.98 Å². The van der Waals surface area contributed by atoms with Gasteiger partial charge in [-0.15, -0.1) is 22.7 Å². The molecule has 0 aliphatic carbocycles. The second-order valence-corrected chi connectivity index (χ2v) is 7.62. The van der Waals surface area contributed by atoms with Crippen molar-refractivity contribution < 1.29 is 4.79 Å². The highest BCUT2D eigenvalue weighted by Gasteiger charge is 2.27. The average Bonchev–Trinajstić information content (AvgIpc) is 3.17. The summed E-state index contributed by atoms with van der Waals surface area (Å²) < 4.78 is 0.751. The number of thiophene rings is 1. The van der Waals surface area contributed by atoms with Crippen LogP contribution in [0.1, 0.15) is 18.5 Å². The maximum Gasteiger partial charge on any atom is 0.228 e. The van der Waals surface area contributed by atoms with Crippen LogP contribution in [0.3, 0.4) is 0 Å². The fraction of sp³-hybridized carbons (Fsp3) is 0.429. The first-order valence-corrected chi connectivity index (χ1v) is 8.94. The first kappa shape index (κ1) is 15.0. The zero-order valence-electron chi connectivity index (χ0n) is 11.4. The molecule has 1 unspecified atom stereocenters. The summed E-state index contributed by atoms with van der Waals surface area (Å²) in [4.78, 5) is 19.8. The summed E-state index contributed by atoms with van der Waals surface area (Å²) in [5.74, 6) is 0.129. The molecule has 1 aliphatic rings. The van der Waals surface area contributed by atoms with Crippen molar-refractivity contribution in [1.29, 1.82) is 0 Å². The van der Waals surface area contributed by atoms with Crippen molar-refractivity contribution in [2.75, 3.05) is 13.1 Å². The van der Waals surface area contributed by atoms with E-state index in [4.69, 9.17) is 17.3 Å². The van der Waals surface area contributed by atoms with E-state index in [0.29, 0.717) is 13.0 Å². The van der Waals surface area contributed by atoms with Crippen molar-refractivity contribution in [1.82, 2.24) is 9.88 Å². The Morgan fingerprint density at radius 2 is 2.38 bits per heavy atom. The molecule has 2 N–H and O–H groups in total. The summed E-state index contributed by atoms with van der Waals surface area (Å²) in [5, 5.41) is 2.88. The number of nitrogens with zero attached hydrogens (tertiary/aromatic N) is 2. The lowest BCUT2D eigenvalue weighted by atomic mass is 10.2. The monoisotopic (exact) mass is 341 g/mol. The highest BCUT2D eigenvalue weighted by Crippen LogP contribution is 2.33. The second kappa shape index (κ2) is 6.44. The molecule has 4 nitrogen and oxygen atoms in total. The van der Waals surface area contributed by atoms with Crippen LogP contribution in [0.15, 0.2) is 17.5 Å². The summed E-state index contributed by atoms with van der Waals surface area (Å²) in [6.45, 7) is 1.36. The van der Waals surface area contributed by atoms with Crippen LogP contribution in [0.4, 0.5) is 0 Å². The topological polar surface area (TPSA) is 59.2 Å². The van der Waals surface area contributed by atoms with E-state index >= 15 is 0 Å². The van der Waals surface area contributed by atoms with Crippen LogP contribution >= 0.6 is 34.3 Å². The largest absolute Gasteiger partial charge is 0.338 e. The van der Waals surface area contributed by atoms with E-state index < -0.39 is 0 Å². The molecule has 1 fully saturated rings. The maximum absolute atomic E-state index is 12.4. The Morgan fingerprint density at radius 1 is 1.52 bits per heavy atom. The molecule has 3 heterocycles. The van der Waals surface area contributed by atoms with Gasteiger partial charge in [0.05, 0.1) is 21.3 Å². The number of nitrogens with two attached hydrogens (primary N) is 1. The second-order valence-electron chi connectivity index (χ2n) is 5.04. The van der Waals surface area contributed by atoms with Crippen LogP contribution in [0.25, 0.3) is 9.88 Å². The number of thiazole rings is 1. The minimum atomic E-state index is 0.129. The number of halogens is 1. The molecule has 1 amide bonds. The zero-order valence-corrected chi connectivity index (χ0v) is 13.8. The summed E-state index contributed by atoms with van der Waals surface area (Å²) in [6.07, 6.45) is 2.41. The highest BCUT2D eigenvalue weighted by atomic mass is 35.5.